The van der Waals surface area contributed by atoms with Crippen LogP contribution in [0.3, 0.4) is 0 Å². The largest absolute Gasteiger partial charge is 0.0807 e. The van der Waals surface area contributed by atoms with E-state index < -0.39 is 0 Å². The van der Waals surface area contributed by atoms with Crippen molar-refractivity contribution in [1.29, 1.82) is 0 Å². The summed E-state index contributed by atoms with van der Waals surface area (Å²) in [5.41, 5.74) is 3.31. The highest BCUT2D eigenvalue weighted by Gasteiger charge is 2.21. The average Bonchev–Trinajstić information content (AvgIpc) is 2.34. The summed E-state index contributed by atoms with van der Waals surface area (Å²) in [5, 5.41) is 0. The van der Waals surface area contributed by atoms with E-state index >= 15 is 0 Å². The van der Waals surface area contributed by atoms with Crippen LogP contribution < -0.4 is 0 Å². The third kappa shape index (κ3) is 0.828. The summed E-state index contributed by atoms with van der Waals surface area (Å²) in [6, 6.07) is 0. The van der Waals surface area contributed by atoms with Crippen LogP contribution in [0, 0.1) is 5.92 Å². The fourth-order valence-corrected chi connectivity index (χ4v) is 2.04. The molecule has 2 aliphatic carbocycles. The molecule has 1 unspecified atom stereocenters. The second-order valence-corrected chi connectivity index (χ2v) is 3.41. The topological polar surface area (TPSA) is 0 Å². The lowest BCUT2D eigenvalue weighted by Crippen LogP contribution is -1.93. The van der Waals surface area contributed by atoms with Crippen LogP contribution >= 0.6 is 0 Å². The van der Waals surface area contributed by atoms with E-state index in [0.717, 1.165) is 5.92 Å². The van der Waals surface area contributed by atoms with Crippen molar-refractivity contribution < 1.29 is 0 Å². The van der Waals surface area contributed by atoms with E-state index in [-0.39, 0.29) is 0 Å². The number of allylic oxidation sites excluding steroid dienone is 4. The Hall–Kier alpha value is -0.520. The minimum absolute atomic E-state index is 0.853. The molecule has 1 atom stereocenters. The van der Waals surface area contributed by atoms with Crippen LogP contribution in [-0.4, -0.2) is 0 Å². The van der Waals surface area contributed by atoms with Gasteiger partial charge < -0.3 is 0 Å². The van der Waals surface area contributed by atoms with Crippen LogP contribution in [0.1, 0.15) is 32.6 Å². The third-order valence-corrected chi connectivity index (χ3v) is 2.67. The van der Waals surface area contributed by atoms with Gasteiger partial charge in [-0.25, -0.2) is 0 Å². The third-order valence-electron chi connectivity index (χ3n) is 2.67. The van der Waals surface area contributed by atoms with Crippen molar-refractivity contribution in [3.8, 4) is 0 Å². The van der Waals surface area contributed by atoms with Crippen LogP contribution in [0.2, 0.25) is 0 Å². The molecule has 54 valence electrons. The lowest BCUT2D eigenvalue weighted by Gasteiger charge is -2.10. The summed E-state index contributed by atoms with van der Waals surface area (Å²) in [7, 11) is 0. The molecule has 0 spiro atoms. The van der Waals surface area contributed by atoms with Gasteiger partial charge in [0.2, 0.25) is 0 Å². The molecule has 2 rings (SSSR count). The van der Waals surface area contributed by atoms with Gasteiger partial charge in [-0.2, -0.15) is 0 Å². The number of fused-ring (bicyclic) bond motifs is 1. The molecule has 1 saturated carbocycles. The molecule has 0 bridgehead atoms. The van der Waals surface area contributed by atoms with Crippen molar-refractivity contribution in [1.82, 2.24) is 0 Å². The maximum Gasteiger partial charge on any atom is -0.0188 e. The fourth-order valence-electron chi connectivity index (χ4n) is 2.04. The van der Waals surface area contributed by atoms with Gasteiger partial charge >= 0.3 is 0 Å². The van der Waals surface area contributed by atoms with Crippen LogP contribution in [0.5, 0.6) is 0 Å². The highest BCUT2D eigenvalue weighted by molar-refractivity contribution is 5.38. The van der Waals surface area contributed by atoms with Crippen molar-refractivity contribution in [2.75, 3.05) is 0 Å². The highest BCUT2D eigenvalue weighted by atomic mass is 14.3. The van der Waals surface area contributed by atoms with E-state index in [1.165, 1.54) is 25.7 Å². The van der Waals surface area contributed by atoms with E-state index in [9.17, 15) is 0 Å². The van der Waals surface area contributed by atoms with Crippen molar-refractivity contribution in [2.24, 2.45) is 5.92 Å². The van der Waals surface area contributed by atoms with Crippen LogP contribution in [0.15, 0.2) is 23.3 Å². The molecular formula is C10H14. The maximum absolute atomic E-state index is 2.44. The molecule has 1 fully saturated rings. The molecule has 2 aliphatic rings. The van der Waals surface area contributed by atoms with E-state index in [1.807, 2.05) is 0 Å². The normalized spacial score (nSPS) is 31.1. The predicted molar refractivity (Wildman–Crippen MR) is 43.8 cm³/mol. The molecule has 0 amide bonds. The van der Waals surface area contributed by atoms with Crippen molar-refractivity contribution in [2.45, 2.75) is 32.6 Å². The first-order valence-corrected chi connectivity index (χ1v) is 4.27. The van der Waals surface area contributed by atoms with Crippen LogP contribution in [0.25, 0.3) is 0 Å². The van der Waals surface area contributed by atoms with Gasteiger partial charge in [0.1, 0.15) is 0 Å². The predicted octanol–water partition coefficient (Wildman–Crippen LogP) is 3.06. The first-order valence-electron chi connectivity index (χ1n) is 4.27. The van der Waals surface area contributed by atoms with Gasteiger partial charge in [0, 0.05) is 0 Å². The van der Waals surface area contributed by atoms with Gasteiger partial charge in [-0.15, -0.1) is 0 Å². The van der Waals surface area contributed by atoms with Gasteiger partial charge in [0.05, 0.1) is 0 Å². The lowest BCUT2D eigenvalue weighted by atomic mass is 9.96. The molecule has 0 aromatic carbocycles. The van der Waals surface area contributed by atoms with Crippen molar-refractivity contribution in [3.05, 3.63) is 23.3 Å². The molecule has 0 N–H and O–H groups in total. The van der Waals surface area contributed by atoms with E-state index in [1.54, 1.807) is 11.1 Å². The van der Waals surface area contributed by atoms with Gasteiger partial charge in [0.25, 0.3) is 0 Å². The Labute approximate surface area is 62.6 Å². The summed E-state index contributed by atoms with van der Waals surface area (Å²) in [5.74, 6) is 0.853. The first-order chi connectivity index (χ1) is 4.88. The quantitative estimate of drug-likeness (QED) is 0.477. The number of rotatable bonds is 0. The van der Waals surface area contributed by atoms with Crippen molar-refractivity contribution >= 4 is 0 Å². The standard InChI is InChI=1S/C10H14/c1-8-6-7-9-4-2-3-5-10(8)9/h4-5,8H,2-3,6-7H2,1H3. The molecule has 10 heavy (non-hydrogen) atoms. The SMILES string of the molecule is CC1CCC2=CCCC=C21. The van der Waals surface area contributed by atoms with E-state index in [4.69, 9.17) is 0 Å². The smallest absolute Gasteiger partial charge is 0.0188 e. The molecule has 0 saturated heterocycles. The Morgan fingerprint density at radius 1 is 1.30 bits per heavy atom. The molecule has 0 heteroatoms. The lowest BCUT2D eigenvalue weighted by molar-refractivity contribution is 0.694. The van der Waals surface area contributed by atoms with E-state index in [2.05, 4.69) is 19.1 Å². The molecule has 0 aromatic heterocycles. The maximum atomic E-state index is 2.44. The molecule has 0 radical (unpaired) electrons. The first kappa shape index (κ1) is 6.21. The zero-order valence-electron chi connectivity index (χ0n) is 6.56. The summed E-state index contributed by atoms with van der Waals surface area (Å²) in [6.07, 6.45) is 10.2. The Bertz CT molecular complexity index is 196. The second-order valence-electron chi connectivity index (χ2n) is 3.41. The molecule has 0 nitrogen and oxygen atoms in total. The summed E-state index contributed by atoms with van der Waals surface area (Å²) >= 11 is 0. The zero-order chi connectivity index (χ0) is 6.97. The Morgan fingerprint density at radius 2 is 2.10 bits per heavy atom. The average molecular weight is 134 g/mol. The summed E-state index contributed by atoms with van der Waals surface area (Å²) in [4.78, 5) is 0. The monoisotopic (exact) mass is 134 g/mol. The minimum Gasteiger partial charge on any atom is -0.0807 e. The van der Waals surface area contributed by atoms with Gasteiger partial charge in [-0.1, -0.05) is 19.1 Å². The summed E-state index contributed by atoms with van der Waals surface area (Å²) in [6.45, 7) is 2.35. The van der Waals surface area contributed by atoms with Gasteiger partial charge in [-0.3, -0.25) is 0 Å². The molecular weight excluding hydrogens is 120 g/mol. The zero-order valence-corrected chi connectivity index (χ0v) is 6.56. The number of hydrogen-bond acceptors (Lipinski definition) is 0. The second kappa shape index (κ2) is 2.26. The molecule has 0 aromatic rings. The summed E-state index contributed by atoms with van der Waals surface area (Å²) < 4.78 is 0. The Morgan fingerprint density at radius 3 is 2.90 bits per heavy atom. The van der Waals surface area contributed by atoms with Crippen LogP contribution in [-0.2, 0) is 0 Å². The van der Waals surface area contributed by atoms with Gasteiger partial charge in [0.15, 0.2) is 0 Å². The fraction of sp³-hybridized carbons (Fsp3) is 0.600. The molecule has 0 aliphatic heterocycles. The Balaban J connectivity index is 2.31. The van der Waals surface area contributed by atoms with Gasteiger partial charge in [-0.05, 0) is 42.7 Å². The molecule has 0 heterocycles. The Kier molecular flexibility index (Phi) is 1.40. The van der Waals surface area contributed by atoms with E-state index in [0.29, 0.717) is 0 Å². The van der Waals surface area contributed by atoms with Crippen molar-refractivity contribution in [3.63, 3.8) is 0 Å². The van der Waals surface area contributed by atoms with Crippen LogP contribution in [0.4, 0.5) is 0 Å². The number of hydrogen-bond donors (Lipinski definition) is 0. The highest BCUT2D eigenvalue weighted by Crippen LogP contribution is 2.38. The minimum atomic E-state index is 0.853.